The predicted molar refractivity (Wildman–Crippen MR) is 130 cm³/mol. The second-order valence-corrected chi connectivity index (χ2v) is 9.54. The zero-order chi connectivity index (χ0) is 20.8. The molecule has 0 aromatic heterocycles. The zero-order valence-corrected chi connectivity index (χ0v) is 21.8. The Labute approximate surface area is 192 Å². The van der Waals surface area contributed by atoms with E-state index in [4.69, 9.17) is 0 Å². The van der Waals surface area contributed by atoms with Crippen molar-refractivity contribution in [2.24, 2.45) is 0 Å². The van der Waals surface area contributed by atoms with Crippen LogP contribution in [-0.2, 0) is 0 Å². The van der Waals surface area contributed by atoms with Gasteiger partial charge in [0.2, 0.25) is 0 Å². The molecular weight excluding hydrogens is 374 g/mol. The molecule has 0 rings (SSSR count). The molecule has 2 heteroatoms. The summed E-state index contributed by atoms with van der Waals surface area (Å²) in [6, 6.07) is 0. The van der Waals surface area contributed by atoms with Gasteiger partial charge >= 0.3 is 0 Å². The minimum Gasteiger partial charge on any atom is -1.00 e. The van der Waals surface area contributed by atoms with Crippen LogP contribution in [0.2, 0.25) is 0 Å². The van der Waals surface area contributed by atoms with Gasteiger partial charge in [-0.15, -0.1) is 0 Å². The van der Waals surface area contributed by atoms with E-state index in [9.17, 15) is 0 Å². The van der Waals surface area contributed by atoms with Crippen molar-refractivity contribution in [3.8, 4) is 0 Å². The highest BCUT2D eigenvalue weighted by molar-refractivity contribution is 4.54. The van der Waals surface area contributed by atoms with Gasteiger partial charge in [0.25, 0.3) is 0 Å². The molecule has 0 amide bonds. The number of hydrogen-bond donors (Lipinski definition) is 0. The molecule has 0 aliphatic heterocycles. The second kappa shape index (κ2) is 24.5. The van der Waals surface area contributed by atoms with Crippen LogP contribution < -0.4 is 12.4 Å². The lowest BCUT2D eigenvalue weighted by Gasteiger charge is -2.39. The van der Waals surface area contributed by atoms with E-state index in [0.29, 0.717) is 0 Å². The first-order chi connectivity index (χ1) is 13.7. The molecule has 29 heavy (non-hydrogen) atoms. The van der Waals surface area contributed by atoms with Gasteiger partial charge in [0.05, 0.1) is 26.2 Å². The number of unbranched alkanes of at least 4 members (excludes halogenated alkanes) is 15. The fourth-order valence-electron chi connectivity index (χ4n) is 4.70. The minimum atomic E-state index is 0. The first kappa shape index (κ1) is 31.4. The molecule has 0 saturated heterocycles. The quantitative estimate of drug-likeness (QED) is 0.131. The van der Waals surface area contributed by atoms with Crippen LogP contribution in [0.5, 0.6) is 0 Å². The van der Waals surface area contributed by atoms with Gasteiger partial charge in [-0.25, -0.2) is 0 Å². The van der Waals surface area contributed by atoms with E-state index >= 15 is 0 Å². The Morgan fingerprint density at radius 3 is 0.759 bits per heavy atom. The average Bonchev–Trinajstić information content (AvgIpc) is 2.70. The molecule has 0 aliphatic rings. The van der Waals surface area contributed by atoms with Gasteiger partial charge in [-0.05, 0) is 51.4 Å². The largest absolute Gasteiger partial charge is 1.00 e. The smallest absolute Gasteiger partial charge is 0.0786 e. The zero-order valence-electron chi connectivity index (χ0n) is 21.1. The highest BCUT2D eigenvalue weighted by atomic mass is 35.5. The van der Waals surface area contributed by atoms with E-state index in [1.807, 2.05) is 0 Å². The molecule has 0 atom stereocenters. The maximum Gasteiger partial charge on any atom is 0.0786 e. The summed E-state index contributed by atoms with van der Waals surface area (Å²) in [5.41, 5.74) is 0. The minimum absolute atomic E-state index is 0. The van der Waals surface area contributed by atoms with Gasteiger partial charge < -0.3 is 16.9 Å². The summed E-state index contributed by atoms with van der Waals surface area (Å²) in [4.78, 5) is 0. The molecule has 0 N–H and O–H groups in total. The van der Waals surface area contributed by atoms with Gasteiger partial charge in [0, 0.05) is 0 Å². The molecule has 0 heterocycles. The van der Waals surface area contributed by atoms with E-state index in [2.05, 4.69) is 27.7 Å². The van der Waals surface area contributed by atoms with Crippen LogP contribution in [0.25, 0.3) is 0 Å². The lowest BCUT2D eigenvalue weighted by atomic mass is 10.1. The molecule has 0 aliphatic carbocycles. The number of hydrogen-bond acceptors (Lipinski definition) is 0. The number of halogens is 1. The molecule has 0 fully saturated rings. The van der Waals surface area contributed by atoms with Gasteiger partial charge in [0.15, 0.2) is 0 Å². The van der Waals surface area contributed by atoms with Crippen LogP contribution in [-0.4, -0.2) is 30.7 Å². The first-order valence-electron chi connectivity index (χ1n) is 13.6. The topological polar surface area (TPSA) is 0 Å². The molecule has 0 aromatic carbocycles. The Balaban J connectivity index is 0. The maximum atomic E-state index is 2.34. The second-order valence-electron chi connectivity index (χ2n) is 9.54. The lowest BCUT2D eigenvalue weighted by Crippen LogP contribution is -3.00. The Hall–Kier alpha value is 0.250. The molecule has 0 bridgehead atoms. The van der Waals surface area contributed by atoms with Gasteiger partial charge in [0.1, 0.15) is 0 Å². The van der Waals surface area contributed by atoms with Gasteiger partial charge in [-0.2, -0.15) is 0 Å². The highest BCUT2D eigenvalue weighted by Crippen LogP contribution is 2.20. The van der Waals surface area contributed by atoms with E-state index in [-0.39, 0.29) is 12.4 Å². The van der Waals surface area contributed by atoms with E-state index in [1.54, 1.807) is 0 Å². The Kier molecular flexibility index (Phi) is 26.6. The van der Waals surface area contributed by atoms with Crippen LogP contribution in [0.15, 0.2) is 0 Å². The van der Waals surface area contributed by atoms with E-state index in [0.717, 1.165) is 0 Å². The summed E-state index contributed by atoms with van der Waals surface area (Å²) < 4.78 is 1.47. The normalized spacial score (nSPS) is 11.6. The molecule has 0 aromatic rings. The molecule has 178 valence electrons. The summed E-state index contributed by atoms with van der Waals surface area (Å²) in [6.45, 7) is 15.2. The lowest BCUT2D eigenvalue weighted by molar-refractivity contribution is -0.929. The van der Waals surface area contributed by atoms with Crippen LogP contribution in [0, 0.1) is 0 Å². The Bertz CT molecular complexity index is 256. The molecule has 0 unspecified atom stereocenters. The highest BCUT2D eigenvalue weighted by Gasteiger charge is 2.25. The van der Waals surface area contributed by atoms with Crippen LogP contribution in [0.1, 0.15) is 150 Å². The third-order valence-electron chi connectivity index (χ3n) is 6.69. The fraction of sp³-hybridized carbons (Fsp3) is 1.00. The van der Waals surface area contributed by atoms with Crippen molar-refractivity contribution in [1.82, 2.24) is 0 Å². The number of rotatable bonds is 23. The van der Waals surface area contributed by atoms with Crippen LogP contribution >= 0.6 is 0 Å². The SMILES string of the molecule is CCCCCCC[N+](CCCCCC)(CCCCCCC)CCCCCCC.[Cl-]. The summed E-state index contributed by atoms with van der Waals surface area (Å²) in [5, 5.41) is 0. The standard InChI is InChI=1S/C27H58N.ClH/c1-5-9-13-17-21-25-28(24-20-16-12-8-4,26-22-18-14-10-6-2)27-23-19-15-11-7-3;/h5-27H2,1-4H3;1H/q+1;/p-1. The number of quaternary nitrogens is 1. The van der Waals surface area contributed by atoms with Crippen LogP contribution in [0.4, 0.5) is 0 Å². The van der Waals surface area contributed by atoms with Crippen LogP contribution in [0.3, 0.4) is 0 Å². The fourth-order valence-corrected chi connectivity index (χ4v) is 4.70. The van der Waals surface area contributed by atoms with Gasteiger partial charge in [-0.1, -0.05) is 98.3 Å². The van der Waals surface area contributed by atoms with E-state index in [1.165, 1.54) is 153 Å². The Morgan fingerprint density at radius 1 is 0.310 bits per heavy atom. The summed E-state index contributed by atoms with van der Waals surface area (Å²) in [5.74, 6) is 0. The Morgan fingerprint density at radius 2 is 0.517 bits per heavy atom. The molecule has 0 spiro atoms. The van der Waals surface area contributed by atoms with Crippen molar-refractivity contribution in [3.05, 3.63) is 0 Å². The first-order valence-corrected chi connectivity index (χ1v) is 13.6. The van der Waals surface area contributed by atoms with Crippen molar-refractivity contribution in [3.63, 3.8) is 0 Å². The predicted octanol–water partition coefficient (Wildman–Crippen LogP) is 6.30. The molecule has 0 radical (unpaired) electrons. The maximum absolute atomic E-state index is 2.34. The van der Waals surface area contributed by atoms with Crippen molar-refractivity contribution < 1.29 is 16.9 Å². The van der Waals surface area contributed by atoms with Crippen molar-refractivity contribution in [2.75, 3.05) is 26.2 Å². The molecule has 0 saturated carbocycles. The summed E-state index contributed by atoms with van der Waals surface area (Å²) >= 11 is 0. The van der Waals surface area contributed by atoms with Gasteiger partial charge in [-0.3, -0.25) is 0 Å². The monoisotopic (exact) mass is 431 g/mol. The summed E-state index contributed by atoms with van der Waals surface area (Å²) in [7, 11) is 0. The van der Waals surface area contributed by atoms with Crippen molar-refractivity contribution in [2.45, 2.75) is 150 Å². The third kappa shape index (κ3) is 19.9. The number of nitrogens with zero attached hydrogens (tertiary/aromatic N) is 1. The molecule has 1 nitrogen and oxygen atoms in total. The van der Waals surface area contributed by atoms with E-state index < -0.39 is 0 Å². The van der Waals surface area contributed by atoms with Crippen molar-refractivity contribution in [1.29, 1.82) is 0 Å². The molecular formula is C27H58ClN. The summed E-state index contributed by atoms with van der Waals surface area (Å²) in [6.07, 6.45) is 27.3. The van der Waals surface area contributed by atoms with Crippen molar-refractivity contribution >= 4 is 0 Å². The third-order valence-corrected chi connectivity index (χ3v) is 6.69. The average molecular weight is 432 g/mol.